The highest BCUT2D eigenvalue weighted by molar-refractivity contribution is 7.98. The number of aromatic nitrogens is 3. The van der Waals surface area contributed by atoms with Crippen LogP contribution in [0.4, 0.5) is 5.95 Å². The number of benzene rings is 2. The Balaban J connectivity index is 1.47. The molecule has 1 atom stereocenters. The van der Waals surface area contributed by atoms with Crippen molar-refractivity contribution in [3.63, 3.8) is 0 Å². The van der Waals surface area contributed by atoms with Crippen LogP contribution >= 0.6 is 11.8 Å². The molecule has 0 bridgehead atoms. The molecular formula is C32H40N4O4S. The van der Waals surface area contributed by atoms with Gasteiger partial charge in [-0.2, -0.15) is 4.98 Å². The first-order valence-corrected chi connectivity index (χ1v) is 15.5. The number of esters is 1. The highest BCUT2D eigenvalue weighted by atomic mass is 32.2. The summed E-state index contributed by atoms with van der Waals surface area (Å²) in [5, 5.41) is 8.84. The molecule has 0 radical (unpaired) electrons. The fraction of sp³-hybridized carbons (Fsp3) is 0.469. The third-order valence-corrected chi connectivity index (χ3v) is 8.45. The number of allylic oxidation sites excluding steroid dienone is 1. The number of anilines is 1. The summed E-state index contributed by atoms with van der Waals surface area (Å²) in [4.78, 5) is 18.6. The highest BCUT2D eigenvalue weighted by Crippen LogP contribution is 2.40. The zero-order valence-corrected chi connectivity index (χ0v) is 25.2. The van der Waals surface area contributed by atoms with E-state index in [1.807, 2.05) is 43.3 Å². The van der Waals surface area contributed by atoms with Crippen molar-refractivity contribution in [2.45, 2.75) is 82.4 Å². The summed E-state index contributed by atoms with van der Waals surface area (Å²) in [6.07, 6.45) is 6.06. The van der Waals surface area contributed by atoms with Crippen molar-refractivity contribution in [2.24, 2.45) is 5.92 Å². The number of methoxy groups -OCH3 is 1. The van der Waals surface area contributed by atoms with Gasteiger partial charge in [-0.25, -0.2) is 9.48 Å². The molecule has 1 aliphatic heterocycles. The van der Waals surface area contributed by atoms with Gasteiger partial charge in [-0.1, -0.05) is 68.4 Å². The van der Waals surface area contributed by atoms with E-state index < -0.39 is 6.04 Å². The number of nitrogens with zero attached hydrogens (tertiary/aromatic N) is 3. The number of ether oxygens (including phenoxy) is 3. The maximum Gasteiger partial charge on any atom is 0.338 e. The van der Waals surface area contributed by atoms with E-state index in [1.165, 1.54) is 12.0 Å². The molecule has 218 valence electrons. The van der Waals surface area contributed by atoms with Crippen molar-refractivity contribution < 1.29 is 19.0 Å². The van der Waals surface area contributed by atoms with Gasteiger partial charge in [0.2, 0.25) is 11.1 Å². The SMILES string of the molecule is COc1cc(C2C(C(=O)OC3CCCCC3)=C(C)Nc3nc(SCc4ccccc4)nn32)ccc1OCCC(C)C. The second-order valence-corrected chi connectivity index (χ2v) is 12.1. The third kappa shape index (κ3) is 7.07. The minimum absolute atomic E-state index is 0.0578. The van der Waals surface area contributed by atoms with Crippen LogP contribution in [0, 0.1) is 5.92 Å². The number of nitrogens with one attached hydrogen (secondary N) is 1. The Morgan fingerprint density at radius 2 is 1.88 bits per heavy atom. The van der Waals surface area contributed by atoms with Gasteiger partial charge in [-0.3, -0.25) is 0 Å². The van der Waals surface area contributed by atoms with Crippen molar-refractivity contribution in [1.82, 2.24) is 14.8 Å². The van der Waals surface area contributed by atoms with Crippen LogP contribution in [0.15, 0.2) is 65.0 Å². The Morgan fingerprint density at radius 3 is 2.61 bits per heavy atom. The van der Waals surface area contributed by atoms with Crippen molar-refractivity contribution in [2.75, 3.05) is 19.0 Å². The minimum atomic E-state index is -0.528. The molecule has 1 saturated carbocycles. The van der Waals surface area contributed by atoms with Gasteiger partial charge in [-0.05, 0) is 68.2 Å². The molecule has 41 heavy (non-hydrogen) atoms. The van der Waals surface area contributed by atoms with Crippen LogP contribution < -0.4 is 14.8 Å². The molecule has 1 unspecified atom stereocenters. The Hall–Kier alpha value is -3.46. The van der Waals surface area contributed by atoms with Crippen LogP contribution in [-0.4, -0.2) is 40.6 Å². The molecular weight excluding hydrogens is 536 g/mol. The quantitative estimate of drug-likeness (QED) is 0.190. The molecule has 1 aromatic heterocycles. The predicted octanol–water partition coefficient (Wildman–Crippen LogP) is 7.17. The van der Waals surface area contributed by atoms with Crippen LogP contribution in [0.5, 0.6) is 11.5 Å². The second kappa shape index (κ2) is 13.5. The molecule has 2 aromatic carbocycles. The average molecular weight is 577 g/mol. The van der Waals surface area contributed by atoms with Crippen LogP contribution in [0.1, 0.15) is 76.5 Å². The number of hydrogen-bond donors (Lipinski definition) is 1. The first kappa shape index (κ1) is 29.0. The topological polar surface area (TPSA) is 87.5 Å². The van der Waals surface area contributed by atoms with Gasteiger partial charge >= 0.3 is 5.97 Å². The van der Waals surface area contributed by atoms with Crippen molar-refractivity contribution >= 4 is 23.7 Å². The van der Waals surface area contributed by atoms with Gasteiger partial charge in [0.1, 0.15) is 12.1 Å². The average Bonchev–Trinajstić information content (AvgIpc) is 3.38. The third-order valence-electron chi connectivity index (χ3n) is 7.55. The zero-order chi connectivity index (χ0) is 28.8. The molecule has 5 rings (SSSR count). The van der Waals surface area contributed by atoms with E-state index in [1.54, 1.807) is 23.6 Å². The van der Waals surface area contributed by atoms with Crippen LogP contribution in [-0.2, 0) is 15.3 Å². The van der Waals surface area contributed by atoms with E-state index >= 15 is 0 Å². The number of hydrogen-bond acceptors (Lipinski definition) is 8. The van der Waals surface area contributed by atoms with Crippen molar-refractivity contribution in [1.29, 1.82) is 0 Å². The number of rotatable bonds is 11. The first-order valence-electron chi connectivity index (χ1n) is 14.6. The maximum atomic E-state index is 13.8. The van der Waals surface area contributed by atoms with Gasteiger partial charge in [0.15, 0.2) is 11.5 Å². The largest absolute Gasteiger partial charge is 0.493 e. The minimum Gasteiger partial charge on any atom is -0.493 e. The first-order chi connectivity index (χ1) is 19.9. The Kier molecular flexibility index (Phi) is 9.54. The molecule has 0 saturated heterocycles. The van der Waals surface area contributed by atoms with Gasteiger partial charge in [-0.15, -0.1) is 5.10 Å². The molecule has 1 aliphatic carbocycles. The summed E-state index contributed by atoms with van der Waals surface area (Å²) in [7, 11) is 1.63. The summed E-state index contributed by atoms with van der Waals surface area (Å²) in [5.41, 5.74) is 3.29. The van der Waals surface area contributed by atoms with Crippen LogP contribution in [0.25, 0.3) is 0 Å². The molecule has 0 spiro atoms. The van der Waals surface area contributed by atoms with Crippen molar-refractivity contribution in [3.8, 4) is 11.5 Å². The molecule has 3 aromatic rings. The lowest BCUT2D eigenvalue weighted by molar-refractivity contribution is -0.146. The van der Waals surface area contributed by atoms with E-state index in [9.17, 15) is 4.79 Å². The fourth-order valence-corrected chi connectivity index (χ4v) is 6.05. The van der Waals surface area contributed by atoms with Gasteiger partial charge < -0.3 is 19.5 Å². The zero-order valence-electron chi connectivity index (χ0n) is 24.4. The monoisotopic (exact) mass is 576 g/mol. The molecule has 1 N–H and O–H groups in total. The Labute approximate surface area is 246 Å². The molecule has 1 fully saturated rings. The lowest BCUT2D eigenvalue weighted by atomic mass is 9.94. The van der Waals surface area contributed by atoms with E-state index in [2.05, 4.69) is 31.3 Å². The summed E-state index contributed by atoms with van der Waals surface area (Å²) in [6, 6.07) is 15.5. The van der Waals surface area contributed by atoms with E-state index in [-0.39, 0.29) is 12.1 Å². The molecule has 0 amide bonds. The molecule has 2 heterocycles. The number of thioether (sulfide) groups is 1. The van der Waals surface area contributed by atoms with Crippen LogP contribution in [0.3, 0.4) is 0 Å². The van der Waals surface area contributed by atoms with E-state index in [4.69, 9.17) is 24.3 Å². The fourth-order valence-electron chi connectivity index (χ4n) is 5.26. The smallest absolute Gasteiger partial charge is 0.338 e. The van der Waals surface area contributed by atoms with Crippen LogP contribution in [0.2, 0.25) is 0 Å². The molecule has 8 nitrogen and oxygen atoms in total. The van der Waals surface area contributed by atoms with Gasteiger partial charge in [0.25, 0.3) is 0 Å². The number of fused-ring (bicyclic) bond motifs is 1. The maximum absolute atomic E-state index is 13.8. The number of carbonyl (C=O) groups excluding carboxylic acids is 1. The predicted molar refractivity (Wildman–Crippen MR) is 161 cm³/mol. The van der Waals surface area contributed by atoms with E-state index in [0.717, 1.165) is 43.4 Å². The second-order valence-electron chi connectivity index (χ2n) is 11.1. The van der Waals surface area contributed by atoms with E-state index in [0.29, 0.717) is 46.4 Å². The normalized spacial score (nSPS) is 17.2. The summed E-state index contributed by atoms with van der Waals surface area (Å²) in [6.45, 7) is 6.85. The highest BCUT2D eigenvalue weighted by Gasteiger charge is 2.37. The molecule has 2 aliphatic rings. The lowest BCUT2D eigenvalue weighted by Crippen LogP contribution is -2.32. The summed E-state index contributed by atoms with van der Waals surface area (Å²) < 4.78 is 19.7. The Morgan fingerprint density at radius 1 is 1.10 bits per heavy atom. The van der Waals surface area contributed by atoms with Crippen molar-refractivity contribution in [3.05, 3.63) is 70.9 Å². The standard InChI is InChI=1S/C32H40N4O4S/c1-21(2)17-18-39-26-16-15-24(19-27(26)38-4)29-28(30(37)40-25-13-9-6-10-14-25)22(3)33-31-34-32(35-36(29)31)41-20-23-11-7-5-8-12-23/h5,7-8,11-12,15-16,19,21,25,29H,6,9-10,13-14,17-18,20H2,1-4H3,(H,33,34,35). The van der Waals surface area contributed by atoms with Gasteiger partial charge in [0, 0.05) is 11.4 Å². The lowest BCUT2D eigenvalue weighted by Gasteiger charge is -2.30. The molecule has 9 heteroatoms. The van der Waals surface area contributed by atoms with Gasteiger partial charge in [0.05, 0.1) is 19.3 Å². The summed E-state index contributed by atoms with van der Waals surface area (Å²) >= 11 is 1.56. The Bertz CT molecular complexity index is 1370. The number of carbonyl (C=O) groups is 1. The summed E-state index contributed by atoms with van der Waals surface area (Å²) in [5.74, 6) is 2.85.